The van der Waals surface area contributed by atoms with Crippen LogP contribution in [0.3, 0.4) is 0 Å². The van der Waals surface area contributed by atoms with E-state index in [0.717, 1.165) is 11.0 Å². The summed E-state index contributed by atoms with van der Waals surface area (Å²) in [6, 6.07) is 0. The second-order valence-electron chi connectivity index (χ2n) is 5.19. The summed E-state index contributed by atoms with van der Waals surface area (Å²) in [5, 5.41) is 43.9. The Labute approximate surface area is 122 Å². The Morgan fingerprint density at radius 3 is 1.67 bits per heavy atom. The maximum absolute atomic E-state index is 10.3. The summed E-state index contributed by atoms with van der Waals surface area (Å²) >= 11 is 0. The summed E-state index contributed by atoms with van der Waals surface area (Å²) in [6.45, 7) is 1.11. The highest BCUT2D eigenvalue weighted by molar-refractivity contribution is 5.87. The van der Waals surface area contributed by atoms with Crippen molar-refractivity contribution in [2.75, 3.05) is 34.3 Å². The highest BCUT2D eigenvalue weighted by atomic mass is 16.4. The molecule has 10 heteroatoms. The molecule has 0 aliphatic carbocycles. The van der Waals surface area contributed by atoms with Gasteiger partial charge in [-0.2, -0.15) is 0 Å². The van der Waals surface area contributed by atoms with Gasteiger partial charge in [0.25, 0.3) is 0 Å². The van der Waals surface area contributed by atoms with E-state index in [1.807, 2.05) is 0 Å². The number of carbonyl (C=O) groups excluding carboxylic acids is 1. The van der Waals surface area contributed by atoms with Crippen LogP contribution < -0.4 is 11.3 Å². The predicted molar refractivity (Wildman–Crippen MR) is 69.5 cm³/mol. The number of aliphatic hydroxyl groups excluding tert-OH is 1. The van der Waals surface area contributed by atoms with E-state index in [1.54, 1.807) is 0 Å². The highest BCUT2D eigenvalue weighted by Crippen LogP contribution is 2.15. The van der Waals surface area contributed by atoms with Gasteiger partial charge < -0.3 is 41.0 Å². The first-order valence-corrected chi connectivity index (χ1v) is 5.63. The minimum Gasteiger partial charge on any atom is -0.550 e. The second kappa shape index (κ2) is 10.0. The molecule has 0 aromatic heterocycles. The van der Waals surface area contributed by atoms with Crippen LogP contribution in [0.5, 0.6) is 0 Å². The molecule has 1 unspecified atom stereocenters. The van der Waals surface area contributed by atoms with Gasteiger partial charge in [0.2, 0.25) is 0 Å². The normalized spacial score (nSPS) is 13.0. The largest absolute Gasteiger partial charge is 0.550 e. The summed E-state index contributed by atoms with van der Waals surface area (Å²) in [5.41, 5.74) is -2.80. The Morgan fingerprint density at radius 2 is 1.52 bits per heavy atom. The summed E-state index contributed by atoms with van der Waals surface area (Å²) in [4.78, 5) is 30.3. The van der Waals surface area contributed by atoms with Crippen LogP contribution >= 0.6 is 0 Å². The van der Waals surface area contributed by atoms with Gasteiger partial charge in [0.15, 0.2) is 5.60 Å². The Balaban J connectivity index is -0.000000347. The molecule has 126 valence electrons. The quantitative estimate of drug-likeness (QED) is 0.310. The molecular weight excluding hydrogens is 288 g/mol. The third-order valence-corrected chi connectivity index (χ3v) is 2.05. The first kappa shape index (κ1) is 24.3. The zero-order valence-corrected chi connectivity index (χ0v) is 12.4. The molecule has 0 amide bonds. The van der Waals surface area contributed by atoms with E-state index in [4.69, 9.17) is 20.4 Å². The third-order valence-electron chi connectivity index (χ3n) is 2.05. The number of aliphatic carboxylic acids is 3. The van der Waals surface area contributed by atoms with Gasteiger partial charge in [0.1, 0.15) is 6.54 Å². The minimum atomic E-state index is -2.80. The van der Waals surface area contributed by atoms with Crippen LogP contribution in [0.2, 0.25) is 0 Å². The molecule has 0 aromatic carbocycles. The monoisotopic (exact) mass is 312 g/mol. The smallest absolute Gasteiger partial charge is 0.336 e. The molecule has 0 saturated carbocycles. The lowest BCUT2D eigenvalue weighted by molar-refractivity contribution is -0.870. The van der Waals surface area contributed by atoms with Crippen molar-refractivity contribution in [1.82, 2.24) is 6.15 Å². The molecule has 0 fully saturated rings. The van der Waals surface area contributed by atoms with Gasteiger partial charge in [0, 0.05) is 12.4 Å². The predicted octanol–water partition coefficient (Wildman–Crippen LogP) is -2.74. The first-order chi connectivity index (χ1) is 8.84. The lowest BCUT2D eigenvalue weighted by Crippen LogP contribution is -2.45. The van der Waals surface area contributed by atoms with Crippen molar-refractivity contribution in [2.24, 2.45) is 0 Å². The summed E-state index contributed by atoms with van der Waals surface area (Å²) in [7, 11) is 6.16. The van der Waals surface area contributed by atoms with Gasteiger partial charge >= 0.3 is 11.9 Å². The molecule has 0 heterocycles. The number of nitrogens with zero attached hydrogens (tertiary/aromatic N) is 1. The van der Waals surface area contributed by atoms with E-state index >= 15 is 0 Å². The number of quaternary nitrogens is 1. The van der Waals surface area contributed by atoms with Crippen LogP contribution in [0.4, 0.5) is 0 Å². The molecule has 0 aliphatic heterocycles. The molecular formula is C11H24N2O8. The Morgan fingerprint density at radius 1 is 1.10 bits per heavy atom. The molecule has 0 radical (unpaired) electrons. The average Bonchev–Trinajstić information content (AvgIpc) is 2.12. The number of rotatable bonds is 7. The fraction of sp³-hybridized carbons (Fsp3) is 0.727. The summed E-state index contributed by atoms with van der Waals surface area (Å²) < 4.78 is 0.844. The van der Waals surface area contributed by atoms with Gasteiger partial charge in [-0.15, -0.1) is 0 Å². The van der Waals surface area contributed by atoms with E-state index in [9.17, 15) is 19.5 Å². The van der Waals surface area contributed by atoms with Gasteiger partial charge in [-0.1, -0.05) is 0 Å². The molecule has 0 aromatic rings. The van der Waals surface area contributed by atoms with Crippen LogP contribution in [0.1, 0.15) is 12.8 Å². The van der Waals surface area contributed by atoms with Gasteiger partial charge in [-0.25, -0.2) is 4.79 Å². The van der Waals surface area contributed by atoms with E-state index < -0.39 is 36.4 Å². The zero-order chi connectivity index (χ0) is 16.6. The molecule has 0 bridgehead atoms. The summed E-state index contributed by atoms with van der Waals surface area (Å²) in [5.74, 6) is -5.34. The van der Waals surface area contributed by atoms with Crippen molar-refractivity contribution in [3.05, 3.63) is 0 Å². The number of aliphatic hydroxyl groups is 2. The van der Waals surface area contributed by atoms with Crippen molar-refractivity contribution in [1.29, 1.82) is 0 Å². The Hall–Kier alpha value is -1.75. The molecule has 0 spiro atoms. The van der Waals surface area contributed by atoms with Gasteiger partial charge in [0.05, 0.1) is 34.2 Å². The SMILES string of the molecule is C[N+](C)(C)CCO.N.O=C([O-])CC(O)(CC(=O)O)C(=O)O. The fourth-order valence-electron chi connectivity index (χ4n) is 1.00. The molecule has 21 heavy (non-hydrogen) atoms. The van der Waals surface area contributed by atoms with Crippen molar-refractivity contribution in [3.8, 4) is 0 Å². The topological polar surface area (TPSA) is 190 Å². The molecule has 7 N–H and O–H groups in total. The highest BCUT2D eigenvalue weighted by Gasteiger charge is 2.38. The van der Waals surface area contributed by atoms with E-state index in [1.165, 1.54) is 0 Å². The van der Waals surface area contributed by atoms with Crippen LogP contribution in [-0.2, 0) is 14.4 Å². The number of carboxylic acid groups (broad SMARTS) is 3. The van der Waals surface area contributed by atoms with Crippen LogP contribution in [-0.4, -0.2) is 82.7 Å². The lowest BCUT2D eigenvalue weighted by Gasteiger charge is -2.21. The maximum Gasteiger partial charge on any atom is 0.336 e. The van der Waals surface area contributed by atoms with Crippen LogP contribution in [0.25, 0.3) is 0 Å². The third kappa shape index (κ3) is 14.5. The van der Waals surface area contributed by atoms with Crippen LogP contribution in [0, 0.1) is 0 Å². The van der Waals surface area contributed by atoms with E-state index in [-0.39, 0.29) is 12.8 Å². The van der Waals surface area contributed by atoms with Crippen molar-refractivity contribution in [2.45, 2.75) is 18.4 Å². The fourth-order valence-corrected chi connectivity index (χ4v) is 1.00. The van der Waals surface area contributed by atoms with Crippen LogP contribution in [0.15, 0.2) is 0 Å². The van der Waals surface area contributed by atoms with Crippen molar-refractivity contribution in [3.63, 3.8) is 0 Å². The number of hydrogen-bond acceptors (Lipinski definition) is 7. The standard InChI is InChI=1S/C6H8O7.C5H14NO.H3N/c7-3(8)1-6(13,5(11)12)2-4(9)10;1-6(2,3)4-5-7;/h13H,1-2H2,(H,7,8)(H,9,10)(H,11,12);7H,4-5H2,1-3H3;1H3/q;+1;/p-1. The van der Waals surface area contributed by atoms with E-state index in [0.29, 0.717) is 0 Å². The second-order valence-corrected chi connectivity index (χ2v) is 5.19. The number of carbonyl (C=O) groups is 3. The zero-order valence-electron chi connectivity index (χ0n) is 12.4. The number of hydrogen-bond donors (Lipinski definition) is 5. The number of likely N-dealkylation sites (N-methyl/N-ethyl adjacent to an activating group) is 1. The molecule has 1 atom stereocenters. The minimum absolute atomic E-state index is 0. The Kier molecular flexibility index (Phi) is 11.6. The van der Waals surface area contributed by atoms with Gasteiger partial charge in [-0.05, 0) is 0 Å². The molecule has 0 rings (SSSR count). The number of carboxylic acids is 3. The molecule has 0 saturated heterocycles. The molecule has 10 nitrogen and oxygen atoms in total. The first-order valence-electron chi connectivity index (χ1n) is 5.63. The van der Waals surface area contributed by atoms with E-state index in [2.05, 4.69) is 21.1 Å². The summed E-state index contributed by atoms with van der Waals surface area (Å²) in [6.07, 6.45) is -2.44. The lowest BCUT2D eigenvalue weighted by atomic mass is 9.96. The average molecular weight is 312 g/mol. The molecule has 0 aliphatic rings. The van der Waals surface area contributed by atoms with Gasteiger partial charge in [-0.3, -0.25) is 4.79 Å². The maximum atomic E-state index is 10.3. The Bertz CT molecular complexity index is 335. The van der Waals surface area contributed by atoms with Crippen molar-refractivity contribution < 1.29 is 44.4 Å². The van der Waals surface area contributed by atoms with Crippen molar-refractivity contribution >= 4 is 17.9 Å².